The highest BCUT2D eigenvalue weighted by Gasteiger charge is 2.01. The van der Waals surface area contributed by atoms with Gasteiger partial charge in [-0.3, -0.25) is 0 Å². The molecule has 0 unspecified atom stereocenters. The van der Waals surface area contributed by atoms with Gasteiger partial charge >= 0.3 is 0 Å². The van der Waals surface area contributed by atoms with Crippen molar-refractivity contribution in [3.05, 3.63) is 57.3 Å². The second-order valence-electron chi connectivity index (χ2n) is 5.08. The molecular weight excluding hydrogens is 304 g/mol. The molecule has 0 bridgehead atoms. The van der Waals surface area contributed by atoms with Crippen LogP contribution in [0.5, 0.6) is 0 Å². The molecule has 1 heterocycles. The zero-order chi connectivity index (χ0) is 16.5. The lowest BCUT2D eigenvalue weighted by Gasteiger charge is -2.10. The van der Waals surface area contributed by atoms with Gasteiger partial charge in [0.1, 0.15) is 0 Å². The Morgan fingerprint density at radius 1 is 1.09 bits per heavy atom. The van der Waals surface area contributed by atoms with Crippen molar-refractivity contribution in [3.63, 3.8) is 0 Å². The van der Waals surface area contributed by atoms with Gasteiger partial charge in [-0.1, -0.05) is 19.1 Å². The highest BCUT2D eigenvalue weighted by atomic mass is 32.1. The Hall–Kier alpha value is -2.32. The molecule has 0 atom stereocenters. The van der Waals surface area contributed by atoms with Crippen LogP contribution < -0.4 is 10.6 Å². The number of guanidine groups is 1. The van der Waals surface area contributed by atoms with Crippen LogP contribution in [0.15, 0.2) is 41.4 Å². The van der Waals surface area contributed by atoms with Crippen LogP contribution in [0.2, 0.25) is 0 Å². The van der Waals surface area contributed by atoms with E-state index in [1.807, 2.05) is 35.6 Å². The minimum absolute atomic E-state index is 0.589. The summed E-state index contributed by atoms with van der Waals surface area (Å²) >= 11 is 1.84. The van der Waals surface area contributed by atoms with Crippen LogP contribution in [0.25, 0.3) is 0 Å². The van der Waals surface area contributed by atoms with Crippen LogP contribution in [0, 0.1) is 11.3 Å². The Morgan fingerprint density at radius 3 is 2.43 bits per heavy atom. The summed E-state index contributed by atoms with van der Waals surface area (Å²) < 4.78 is 0. The molecule has 0 aliphatic rings. The third kappa shape index (κ3) is 5.42. The third-order valence-corrected chi connectivity index (χ3v) is 4.57. The standard InChI is InChI=1S/C18H22N4S/c1-3-16-9-10-17(23-16)13-22-18(20-4-2)21-12-15-7-5-14(11-19)6-8-15/h5-10H,3-4,12-13H2,1-2H3,(H2,20,21,22). The summed E-state index contributed by atoms with van der Waals surface area (Å²) in [4.78, 5) is 7.31. The maximum atomic E-state index is 8.82. The molecule has 2 aromatic rings. The molecule has 120 valence electrons. The van der Waals surface area contributed by atoms with Gasteiger partial charge in [0.2, 0.25) is 0 Å². The van der Waals surface area contributed by atoms with Crippen molar-refractivity contribution in [1.82, 2.24) is 10.6 Å². The summed E-state index contributed by atoms with van der Waals surface area (Å²) in [5.74, 6) is 0.809. The molecule has 0 amide bonds. The number of nitriles is 1. The maximum absolute atomic E-state index is 8.82. The highest BCUT2D eigenvalue weighted by Crippen LogP contribution is 2.16. The van der Waals surface area contributed by atoms with Gasteiger partial charge in [0.15, 0.2) is 5.96 Å². The van der Waals surface area contributed by atoms with Gasteiger partial charge in [-0.15, -0.1) is 11.3 Å². The first kappa shape index (κ1) is 17.0. The van der Waals surface area contributed by atoms with Crippen molar-refractivity contribution in [1.29, 1.82) is 5.26 Å². The monoisotopic (exact) mass is 326 g/mol. The molecule has 5 heteroatoms. The maximum Gasteiger partial charge on any atom is 0.191 e. The smallest absolute Gasteiger partial charge is 0.191 e. The first-order valence-corrected chi connectivity index (χ1v) is 8.65. The number of aryl methyl sites for hydroxylation is 1. The molecule has 0 saturated heterocycles. The Labute approximate surface area is 141 Å². The van der Waals surface area contributed by atoms with E-state index in [0.29, 0.717) is 12.1 Å². The topological polar surface area (TPSA) is 60.2 Å². The normalized spacial score (nSPS) is 11.1. The third-order valence-electron chi connectivity index (χ3n) is 3.34. The number of nitrogens with zero attached hydrogens (tertiary/aromatic N) is 2. The van der Waals surface area contributed by atoms with Crippen LogP contribution in [0.4, 0.5) is 0 Å². The number of hydrogen-bond acceptors (Lipinski definition) is 3. The van der Waals surface area contributed by atoms with Gasteiger partial charge in [0.25, 0.3) is 0 Å². The molecule has 2 rings (SSSR count). The quantitative estimate of drug-likeness (QED) is 0.631. The Morgan fingerprint density at radius 2 is 1.83 bits per heavy atom. The first-order valence-electron chi connectivity index (χ1n) is 7.84. The summed E-state index contributed by atoms with van der Waals surface area (Å²) in [5.41, 5.74) is 1.76. The van der Waals surface area contributed by atoms with Crippen molar-refractivity contribution in [2.75, 3.05) is 6.54 Å². The van der Waals surface area contributed by atoms with E-state index in [0.717, 1.165) is 31.0 Å². The zero-order valence-electron chi connectivity index (χ0n) is 13.6. The lowest BCUT2D eigenvalue weighted by atomic mass is 10.1. The van der Waals surface area contributed by atoms with Gasteiger partial charge in [0.05, 0.1) is 24.7 Å². The SMILES string of the molecule is CCNC(=NCc1ccc(C#N)cc1)NCc1ccc(CC)s1. The minimum atomic E-state index is 0.589. The average molecular weight is 326 g/mol. The molecule has 0 saturated carbocycles. The fourth-order valence-electron chi connectivity index (χ4n) is 2.07. The van der Waals surface area contributed by atoms with Crippen LogP contribution >= 0.6 is 11.3 Å². The molecule has 0 radical (unpaired) electrons. The lowest BCUT2D eigenvalue weighted by Crippen LogP contribution is -2.36. The van der Waals surface area contributed by atoms with Crippen LogP contribution in [-0.4, -0.2) is 12.5 Å². The minimum Gasteiger partial charge on any atom is -0.357 e. The largest absolute Gasteiger partial charge is 0.357 e. The van der Waals surface area contributed by atoms with E-state index < -0.39 is 0 Å². The Kier molecular flexibility index (Phi) is 6.64. The van der Waals surface area contributed by atoms with Gasteiger partial charge < -0.3 is 10.6 Å². The van der Waals surface area contributed by atoms with Crippen molar-refractivity contribution >= 4 is 17.3 Å². The molecule has 1 aromatic heterocycles. The number of rotatable bonds is 6. The first-order chi connectivity index (χ1) is 11.2. The van der Waals surface area contributed by atoms with Crippen molar-refractivity contribution in [3.8, 4) is 6.07 Å². The van der Waals surface area contributed by atoms with E-state index in [1.165, 1.54) is 9.75 Å². The van der Waals surface area contributed by atoms with E-state index in [2.05, 4.69) is 47.7 Å². The van der Waals surface area contributed by atoms with Crippen molar-refractivity contribution in [2.24, 2.45) is 4.99 Å². The number of nitrogens with one attached hydrogen (secondary N) is 2. The number of hydrogen-bond donors (Lipinski definition) is 2. The fraction of sp³-hybridized carbons (Fsp3) is 0.333. The fourth-order valence-corrected chi connectivity index (χ4v) is 2.97. The van der Waals surface area contributed by atoms with E-state index in [9.17, 15) is 0 Å². The molecule has 23 heavy (non-hydrogen) atoms. The molecule has 0 spiro atoms. The van der Waals surface area contributed by atoms with Crippen LogP contribution in [0.3, 0.4) is 0 Å². The van der Waals surface area contributed by atoms with Gasteiger partial charge in [0, 0.05) is 16.3 Å². The Balaban J connectivity index is 1.94. The average Bonchev–Trinajstić information content (AvgIpc) is 3.06. The predicted molar refractivity (Wildman–Crippen MR) is 96.5 cm³/mol. The molecule has 4 nitrogen and oxygen atoms in total. The molecule has 0 aliphatic carbocycles. The van der Waals surface area contributed by atoms with Gasteiger partial charge in [-0.05, 0) is 43.2 Å². The summed E-state index contributed by atoms with van der Waals surface area (Å²) in [5, 5.41) is 15.4. The van der Waals surface area contributed by atoms with E-state index in [-0.39, 0.29) is 0 Å². The molecule has 0 fully saturated rings. The predicted octanol–water partition coefficient (Wildman–Crippen LogP) is 3.44. The molecular formula is C18H22N4S. The second kappa shape index (κ2) is 8.96. The molecule has 0 aliphatic heterocycles. The van der Waals surface area contributed by atoms with Gasteiger partial charge in [-0.2, -0.15) is 5.26 Å². The Bertz CT molecular complexity index is 680. The number of aliphatic imine (C=N–C) groups is 1. The summed E-state index contributed by atoms with van der Waals surface area (Å²) in [7, 11) is 0. The molecule has 2 N–H and O–H groups in total. The van der Waals surface area contributed by atoms with E-state index in [4.69, 9.17) is 5.26 Å². The van der Waals surface area contributed by atoms with Crippen molar-refractivity contribution < 1.29 is 0 Å². The lowest BCUT2D eigenvalue weighted by molar-refractivity contribution is 0.823. The summed E-state index contributed by atoms with van der Waals surface area (Å²) in [6.45, 7) is 6.42. The summed E-state index contributed by atoms with van der Waals surface area (Å²) in [6.07, 6.45) is 1.08. The number of benzene rings is 1. The second-order valence-corrected chi connectivity index (χ2v) is 6.33. The van der Waals surface area contributed by atoms with Crippen molar-refractivity contribution in [2.45, 2.75) is 33.4 Å². The highest BCUT2D eigenvalue weighted by molar-refractivity contribution is 7.11. The van der Waals surface area contributed by atoms with Crippen LogP contribution in [-0.2, 0) is 19.5 Å². The van der Waals surface area contributed by atoms with Gasteiger partial charge in [-0.25, -0.2) is 4.99 Å². The molecule has 1 aromatic carbocycles. The zero-order valence-corrected chi connectivity index (χ0v) is 14.4. The number of thiophene rings is 1. The van der Waals surface area contributed by atoms with Crippen LogP contribution in [0.1, 0.15) is 34.7 Å². The van der Waals surface area contributed by atoms with E-state index in [1.54, 1.807) is 0 Å². The van der Waals surface area contributed by atoms with E-state index >= 15 is 0 Å². The summed E-state index contributed by atoms with van der Waals surface area (Å²) in [6, 6.07) is 14.0.